The molecule has 0 radical (unpaired) electrons. The Morgan fingerprint density at radius 3 is 1.92 bits per heavy atom. The summed E-state index contributed by atoms with van der Waals surface area (Å²) >= 11 is 6.53. The summed E-state index contributed by atoms with van der Waals surface area (Å²) in [5.74, 6) is 2.02. The van der Waals surface area contributed by atoms with Crippen molar-refractivity contribution in [3.63, 3.8) is 0 Å². The van der Waals surface area contributed by atoms with Crippen LogP contribution in [0, 0.1) is 17.8 Å². The fraction of sp³-hybridized carbons (Fsp3) is 1.00. The lowest BCUT2D eigenvalue weighted by Crippen LogP contribution is -2.33. The van der Waals surface area contributed by atoms with Gasteiger partial charge in [0.2, 0.25) is 0 Å². The zero-order valence-corrected chi connectivity index (χ0v) is 10.8. The van der Waals surface area contributed by atoms with E-state index in [0.29, 0.717) is 11.8 Å². The van der Waals surface area contributed by atoms with E-state index in [1.54, 1.807) is 0 Å². The highest BCUT2D eigenvalue weighted by molar-refractivity contribution is 6.23. The maximum atomic E-state index is 6.53. The lowest BCUT2D eigenvalue weighted by Gasteiger charge is -2.35. The quantitative estimate of drug-likeness (QED) is 0.569. The molecule has 0 aliphatic heterocycles. The third-order valence-electron chi connectivity index (χ3n) is 3.53. The molecule has 0 rings (SSSR count). The normalized spacial score (nSPS) is 21.2. The van der Waals surface area contributed by atoms with E-state index >= 15 is 0 Å². The molecule has 0 nitrogen and oxygen atoms in total. The fourth-order valence-electron chi connectivity index (χ4n) is 1.84. The van der Waals surface area contributed by atoms with Gasteiger partial charge in [-0.3, -0.25) is 0 Å². The van der Waals surface area contributed by atoms with Crippen molar-refractivity contribution >= 4 is 11.6 Å². The summed E-state index contributed by atoms with van der Waals surface area (Å²) < 4.78 is 0. The predicted molar refractivity (Wildman–Crippen MR) is 62.3 cm³/mol. The fourth-order valence-corrected chi connectivity index (χ4v) is 2.23. The zero-order chi connectivity index (χ0) is 10.6. The highest BCUT2D eigenvalue weighted by Crippen LogP contribution is 2.37. The van der Waals surface area contributed by atoms with E-state index in [-0.39, 0.29) is 4.87 Å². The van der Waals surface area contributed by atoms with E-state index < -0.39 is 0 Å². The molecule has 0 aromatic rings. The average molecular weight is 205 g/mol. The van der Waals surface area contributed by atoms with Gasteiger partial charge in [-0.1, -0.05) is 41.0 Å². The molecule has 0 aliphatic rings. The molecule has 0 N–H and O–H groups in total. The van der Waals surface area contributed by atoms with Crippen LogP contribution in [0.2, 0.25) is 0 Å². The first-order valence-electron chi connectivity index (χ1n) is 5.51. The van der Waals surface area contributed by atoms with Crippen molar-refractivity contribution in [3.8, 4) is 0 Å². The first-order chi connectivity index (χ1) is 5.83. The van der Waals surface area contributed by atoms with Crippen LogP contribution in [0.5, 0.6) is 0 Å². The Balaban J connectivity index is 4.29. The Kier molecular flexibility index (Phi) is 5.36. The first kappa shape index (κ1) is 13.3. The van der Waals surface area contributed by atoms with Crippen LogP contribution < -0.4 is 0 Å². The predicted octanol–water partition coefficient (Wildman–Crippen LogP) is 4.71. The van der Waals surface area contributed by atoms with Gasteiger partial charge in [-0.2, -0.15) is 0 Å². The number of alkyl halides is 1. The van der Waals surface area contributed by atoms with Crippen LogP contribution in [0.4, 0.5) is 0 Å². The van der Waals surface area contributed by atoms with E-state index in [4.69, 9.17) is 11.6 Å². The van der Waals surface area contributed by atoms with E-state index in [1.807, 2.05) is 0 Å². The highest BCUT2D eigenvalue weighted by Gasteiger charge is 2.32. The molecule has 0 heterocycles. The van der Waals surface area contributed by atoms with Crippen LogP contribution in [-0.4, -0.2) is 4.87 Å². The second-order valence-corrected chi connectivity index (χ2v) is 5.78. The van der Waals surface area contributed by atoms with Crippen molar-refractivity contribution in [1.82, 2.24) is 0 Å². The van der Waals surface area contributed by atoms with Gasteiger partial charge in [0.25, 0.3) is 0 Å². The summed E-state index contributed by atoms with van der Waals surface area (Å²) in [4.78, 5) is -0.0154. The minimum absolute atomic E-state index is 0.0154. The van der Waals surface area contributed by atoms with Gasteiger partial charge >= 0.3 is 0 Å². The van der Waals surface area contributed by atoms with Gasteiger partial charge < -0.3 is 0 Å². The largest absolute Gasteiger partial charge is 0.119 e. The molecule has 0 saturated heterocycles. The van der Waals surface area contributed by atoms with E-state index in [0.717, 1.165) is 12.3 Å². The van der Waals surface area contributed by atoms with Crippen LogP contribution in [0.3, 0.4) is 0 Å². The van der Waals surface area contributed by atoms with Gasteiger partial charge in [0.15, 0.2) is 0 Å². The summed E-state index contributed by atoms with van der Waals surface area (Å²) in [6.45, 7) is 13.5. The molecule has 0 aromatic carbocycles. The van der Waals surface area contributed by atoms with Crippen LogP contribution in [0.1, 0.15) is 54.4 Å². The van der Waals surface area contributed by atoms with E-state index in [1.165, 1.54) is 6.42 Å². The van der Waals surface area contributed by atoms with Gasteiger partial charge in [-0.15, -0.1) is 11.6 Å². The lowest BCUT2D eigenvalue weighted by atomic mass is 9.77. The molecule has 0 aliphatic carbocycles. The van der Waals surface area contributed by atoms with Gasteiger partial charge in [0, 0.05) is 4.87 Å². The van der Waals surface area contributed by atoms with Crippen LogP contribution in [-0.2, 0) is 0 Å². The Labute approximate surface area is 89.1 Å². The molecule has 0 amide bonds. The van der Waals surface area contributed by atoms with Crippen molar-refractivity contribution < 1.29 is 0 Å². The molecule has 80 valence electrons. The van der Waals surface area contributed by atoms with Gasteiger partial charge in [-0.25, -0.2) is 0 Å². The summed E-state index contributed by atoms with van der Waals surface area (Å²) in [7, 11) is 0. The first-order valence-corrected chi connectivity index (χ1v) is 5.89. The van der Waals surface area contributed by atoms with Gasteiger partial charge in [0.05, 0.1) is 0 Å². The average Bonchev–Trinajstić information content (AvgIpc) is 2.01. The summed E-state index contributed by atoms with van der Waals surface area (Å²) in [5, 5.41) is 0. The van der Waals surface area contributed by atoms with Crippen molar-refractivity contribution in [2.24, 2.45) is 17.8 Å². The van der Waals surface area contributed by atoms with E-state index in [9.17, 15) is 0 Å². The third-order valence-corrected chi connectivity index (χ3v) is 4.06. The van der Waals surface area contributed by atoms with E-state index in [2.05, 4.69) is 41.5 Å². The molecule has 0 bridgehead atoms. The minimum Gasteiger partial charge on any atom is -0.119 e. The van der Waals surface area contributed by atoms with Crippen molar-refractivity contribution in [1.29, 1.82) is 0 Å². The molecule has 0 spiro atoms. The van der Waals surface area contributed by atoms with Crippen molar-refractivity contribution in [3.05, 3.63) is 0 Å². The minimum atomic E-state index is -0.0154. The third kappa shape index (κ3) is 3.89. The summed E-state index contributed by atoms with van der Waals surface area (Å²) in [6, 6.07) is 0. The Morgan fingerprint density at radius 1 is 1.15 bits per heavy atom. The molecule has 1 heteroatoms. The van der Waals surface area contributed by atoms with Crippen LogP contribution in [0.15, 0.2) is 0 Å². The SMILES string of the molecule is CCCC(C)(Cl)C(C)C(C)C(C)C. The molecule has 3 unspecified atom stereocenters. The smallest absolute Gasteiger partial charge is 0.0446 e. The number of halogens is 1. The zero-order valence-electron chi connectivity index (χ0n) is 10.0. The molecule has 0 saturated carbocycles. The standard InChI is InChI=1S/C12H25Cl/c1-7-8-12(6,13)11(5)10(4)9(2)3/h9-11H,7-8H2,1-6H3. The molecule has 0 aromatic heterocycles. The monoisotopic (exact) mass is 204 g/mol. The summed E-state index contributed by atoms with van der Waals surface area (Å²) in [5.41, 5.74) is 0. The second-order valence-electron chi connectivity index (χ2n) is 4.92. The molecule has 0 fully saturated rings. The Hall–Kier alpha value is 0.290. The van der Waals surface area contributed by atoms with Gasteiger partial charge in [-0.05, 0) is 31.1 Å². The Bertz CT molecular complexity index is 138. The number of hydrogen-bond acceptors (Lipinski definition) is 0. The molecular formula is C12H25Cl. The number of hydrogen-bond donors (Lipinski definition) is 0. The molecular weight excluding hydrogens is 180 g/mol. The maximum Gasteiger partial charge on any atom is 0.0446 e. The lowest BCUT2D eigenvalue weighted by molar-refractivity contribution is 0.232. The second kappa shape index (κ2) is 5.24. The van der Waals surface area contributed by atoms with Crippen LogP contribution >= 0.6 is 11.6 Å². The molecule has 13 heavy (non-hydrogen) atoms. The summed E-state index contributed by atoms with van der Waals surface area (Å²) in [6.07, 6.45) is 2.29. The van der Waals surface area contributed by atoms with Gasteiger partial charge in [0.1, 0.15) is 0 Å². The topological polar surface area (TPSA) is 0 Å². The molecule has 3 atom stereocenters. The van der Waals surface area contributed by atoms with Crippen molar-refractivity contribution in [2.45, 2.75) is 59.3 Å². The van der Waals surface area contributed by atoms with Crippen molar-refractivity contribution in [2.75, 3.05) is 0 Å². The maximum absolute atomic E-state index is 6.53. The van der Waals surface area contributed by atoms with Crippen LogP contribution in [0.25, 0.3) is 0 Å². The highest BCUT2D eigenvalue weighted by atomic mass is 35.5. The number of rotatable bonds is 5. The Morgan fingerprint density at radius 2 is 1.62 bits per heavy atom.